The van der Waals surface area contributed by atoms with Gasteiger partial charge in [-0.05, 0) is 52.6 Å². The molecular weight excluding hydrogens is 248 g/mol. The molecule has 1 atom stereocenters. The first-order chi connectivity index (χ1) is 9.58. The van der Waals surface area contributed by atoms with E-state index in [0.29, 0.717) is 6.04 Å². The highest BCUT2D eigenvalue weighted by atomic mass is 16.5. The monoisotopic (exact) mass is 272 g/mol. The van der Waals surface area contributed by atoms with E-state index < -0.39 is 0 Å². The van der Waals surface area contributed by atoms with Crippen LogP contribution in [0.4, 0.5) is 0 Å². The quantitative estimate of drug-likeness (QED) is 0.811. The Bertz CT molecular complexity index is 523. The number of aryl methyl sites for hydroxylation is 3. The normalized spacial score (nSPS) is 12.6. The fraction of sp³-hybridized carbons (Fsp3) is 0.471. The average molecular weight is 272 g/mol. The lowest BCUT2D eigenvalue weighted by Crippen LogP contribution is -2.20. The zero-order chi connectivity index (χ0) is 14.5. The van der Waals surface area contributed by atoms with Crippen LogP contribution in [0.5, 0.6) is 0 Å². The van der Waals surface area contributed by atoms with Gasteiger partial charge in [0.25, 0.3) is 0 Å². The molecule has 3 heteroatoms. The van der Waals surface area contributed by atoms with Gasteiger partial charge in [-0.25, -0.2) is 0 Å². The van der Waals surface area contributed by atoms with Crippen LogP contribution >= 0.6 is 0 Å². The summed E-state index contributed by atoms with van der Waals surface area (Å²) in [5, 5.41) is 7.56. The first-order valence-corrected chi connectivity index (χ1v) is 7.29. The van der Waals surface area contributed by atoms with E-state index in [0.717, 1.165) is 30.8 Å². The average Bonchev–Trinajstić information content (AvgIpc) is 2.75. The van der Waals surface area contributed by atoms with Gasteiger partial charge in [-0.2, -0.15) is 0 Å². The van der Waals surface area contributed by atoms with Gasteiger partial charge in [-0.1, -0.05) is 35.0 Å². The van der Waals surface area contributed by atoms with E-state index in [1.165, 1.54) is 16.7 Å². The molecule has 20 heavy (non-hydrogen) atoms. The summed E-state index contributed by atoms with van der Waals surface area (Å²) in [5.74, 6) is 0.953. The smallest absolute Gasteiger partial charge is 0.137 e. The Labute approximate surface area is 121 Å². The molecule has 0 fully saturated rings. The minimum absolute atomic E-state index is 0.389. The van der Waals surface area contributed by atoms with Gasteiger partial charge in [-0.3, -0.25) is 0 Å². The molecule has 0 amide bonds. The van der Waals surface area contributed by atoms with Gasteiger partial charge >= 0.3 is 0 Å². The van der Waals surface area contributed by atoms with E-state index in [2.05, 4.69) is 48.6 Å². The van der Waals surface area contributed by atoms with Crippen molar-refractivity contribution < 1.29 is 4.52 Å². The highest BCUT2D eigenvalue weighted by molar-refractivity contribution is 5.23. The van der Waals surface area contributed by atoms with Gasteiger partial charge in [0.2, 0.25) is 0 Å². The standard InChI is InChI=1S/C17H24N2O/c1-12-7-9-16(10-8-12)13(2)18-11-5-6-17-14(3)19-20-15(17)4/h7-10,13,18H,5-6,11H2,1-4H3/t13-/m1/s1. The van der Waals surface area contributed by atoms with E-state index in [1.54, 1.807) is 0 Å². The van der Waals surface area contributed by atoms with Gasteiger partial charge in [-0.15, -0.1) is 0 Å². The largest absolute Gasteiger partial charge is 0.361 e. The number of aromatic nitrogens is 1. The lowest BCUT2D eigenvalue weighted by Gasteiger charge is -2.14. The number of hydrogen-bond donors (Lipinski definition) is 1. The number of benzene rings is 1. The van der Waals surface area contributed by atoms with Gasteiger partial charge in [0.15, 0.2) is 0 Å². The molecular formula is C17H24N2O. The van der Waals surface area contributed by atoms with Crippen LogP contribution in [0.2, 0.25) is 0 Å². The Kier molecular flexibility index (Phi) is 4.96. The Morgan fingerprint density at radius 1 is 1.15 bits per heavy atom. The second kappa shape index (κ2) is 6.71. The van der Waals surface area contributed by atoms with Gasteiger partial charge < -0.3 is 9.84 Å². The lowest BCUT2D eigenvalue weighted by molar-refractivity contribution is 0.392. The molecule has 1 aromatic heterocycles. The predicted molar refractivity (Wildman–Crippen MR) is 81.9 cm³/mol. The fourth-order valence-corrected chi connectivity index (χ4v) is 2.42. The fourth-order valence-electron chi connectivity index (χ4n) is 2.42. The summed E-state index contributed by atoms with van der Waals surface area (Å²) >= 11 is 0. The van der Waals surface area contributed by atoms with Crippen LogP contribution in [0.15, 0.2) is 28.8 Å². The van der Waals surface area contributed by atoms with Gasteiger partial charge in [0, 0.05) is 11.6 Å². The Morgan fingerprint density at radius 2 is 1.85 bits per heavy atom. The van der Waals surface area contributed by atoms with E-state index >= 15 is 0 Å². The third-order valence-electron chi connectivity index (χ3n) is 3.81. The topological polar surface area (TPSA) is 38.1 Å². The lowest BCUT2D eigenvalue weighted by atomic mass is 10.1. The number of hydrogen-bond acceptors (Lipinski definition) is 3. The third-order valence-corrected chi connectivity index (χ3v) is 3.81. The van der Waals surface area contributed by atoms with Crippen molar-refractivity contribution in [2.45, 2.75) is 46.6 Å². The maximum Gasteiger partial charge on any atom is 0.137 e. The van der Waals surface area contributed by atoms with E-state index in [1.807, 2.05) is 13.8 Å². The molecule has 1 N–H and O–H groups in total. The van der Waals surface area contributed by atoms with Crippen LogP contribution in [0, 0.1) is 20.8 Å². The van der Waals surface area contributed by atoms with Crippen molar-refractivity contribution in [1.82, 2.24) is 10.5 Å². The Morgan fingerprint density at radius 3 is 2.45 bits per heavy atom. The summed E-state index contributed by atoms with van der Waals surface area (Å²) in [6.45, 7) is 9.32. The zero-order valence-electron chi connectivity index (χ0n) is 12.9. The molecule has 2 rings (SSSR count). The number of nitrogens with one attached hydrogen (secondary N) is 1. The molecule has 3 nitrogen and oxygen atoms in total. The van der Waals surface area contributed by atoms with Crippen LogP contribution in [0.1, 0.15) is 47.5 Å². The molecule has 0 spiro atoms. The van der Waals surface area contributed by atoms with Crippen molar-refractivity contribution in [2.24, 2.45) is 0 Å². The molecule has 108 valence electrons. The summed E-state index contributed by atoms with van der Waals surface area (Å²) < 4.78 is 5.18. The molecule has 0 radical (unpaired) electrons. The molecule has 2 aromatic rings. The van der Waals surface area contributed by atoms with Crippen molar-refractivity contribution in [3.05, 3.63) is 52.4 Å². The van der Waals surface area contributed by atoms with Crippen LogP contribution in [-0.4, -0.2) is 11.7 Å². The zero-order valence-corrected chi connectivity index (χ0v) is 12.9. The van der Waals surface area contributed by atoms with E-state index in [4.69, 9.17) is 4.52 Å². The minimum atomic E-state index is 0.389. The molecule has 1 heterocycles. The molecule has 0 bridgehead atoms. The molecule has 0 saturated heterocycles. The summed E-state index contributed by atoms with van der Waals surface area (Å²) in [6, 6.07) is 9.11. The van der Waals surface area contributed by atoms with Gasteiger partial charge in [0.1, 0.15) is 5.76 Å². The van der Waals surface area contributed by atoms with Crippen molar-refractivity contribution >= 4 is 0 Å². The highest BCUT2D eigenvalue weighted by Crippen LogP contribution is 2.15. The third kappa shape index (κ3) is 3.70. The SMILES string of the molecule is Cc1ccc([C@@H](C)NCCCc2c(C)noc2C)cc1. The highest BCUT2D eigenvalue weighted by Gasteiger charge is 2.09. The molecule has 1 aromatic carbocycles. The second-order valence-electron chi connectivity index (χ2n) is 5.49. The van der Waals surface area contributed by atoms with E-state index in [9.17, 15) is 0 Å². The van der Waals surface area contributed by atoms with Crippen LogP contribution < -0.4 is 5.32 Å². The minimum Gasteiger partial charge on any atom is -0.361 e. The van der Waals surface area contributed by atoms with Crippen molar-refractivity contribution in [3.63, 3.8) is 0 Å². The van der Waals surface area contributed by atoms with Crippen molar-refractivity contribution in [1.29, 1.82) is 0 Å². The van der Waals surface area contributed by atoms with Crippen LogP contribution in [0.3, 0.4) is 0 Å². The number of nitrogens with zero attached hydrogens (tertiary/aromatic N) is 1. The first kappa shape index (κ1) is 14.8. The molecule has 0 aliphatic heterocycles. The summed E-state index contributed by atoms with van der Waals surface area (Å²) in [6.07, 6.45) is 2.12. The van der Waals surface area contributed by atoms with Crippen molar-refractivity contribution in [2.75, 3.05) is 6.54 Å². The second-order valence-corrected chi connectivity index (χ2v) is 5.49. The maximum absolute atomic E-state index is 5.18. The van der Waals surface area contributed by atoms with Crippen LogP contribution in [-0.2, 0) is 6.42 Å². The Hall–Kier alpha value is -1.61. The van der Waals surface area contributed by atoms with Crippen molar-refractivity contribution in [3.8, 4) is 0 Å². The summed E-state index contributed by atoms with van der Waals surface area (Å²) in [7, 11) is 0. The maximum atomic E-state index is 5.18. The molecule has 0 aliphatic rings. The van der Waals surface area contributed by atoms with Crippen LogP contribution in [0.25, 0.3) is 0 Å². The molecule has 0 aliphatic carbocycles. The van der Waals surface area contributed by atoms with E-state index in [-0.39, 0.29) is 0 Å². The predicted octanol–water partition coefficient (Wildman–Crippen LogP) is 3.88. The Balaban J connectivity index is 1.77. The first-order valence-electron chi connectivity index (χ1n) is 7.29. The molecule has 0 saturated carbocycles. The van der Waals surface area contributed by atoms with Gasteiger partial charge in [0.05, 0.1) is 5.69 Å². The molecule has 0 unspecified atom stereocenters. The number of rotatable bonds is 6. The summed E-state index contributed by atoms with van der Waals surface area (Å²) in [4.78, 5) is 0. The summed E-state index contributed by atoms with van der Waals surface area (Å²) in [5.41, 5.74) is 4.93.